The highest BCUT2D eigenvalue weighted by molar-refractivity contribution is 5.82. The summed E-state index contributed by atoms with van der Waals surface area (Å²) in [5.74, 6) is 1.50. The fourth-order valence-electron chi connectivity index (χ4n) is 2.08. The second kappa shape index (κ2) is 7.19. The van der Waals surface area contributed by atoms with Gasteiger partial charge in [0.15, 0.2) is 0 Å². The number of aliphatic imine (C=N–C) groups is 1. The average Bonchev–Trinajstić information content (AvgIpc) is 2.62. The topological polar surface area (TPSA) is 64.7 Å². The van der Waals surface area contributed by atoms with Gasteiger partial charge in [0.05, 0.1) is 10.6 Å². The van der Waals surface area contributed by atoms with E-state index in [2.05, 4.69) is 4.99 Å². The molecule has 0 spiro atoms. The van der Waals surface area contributed by atoms with Gasteiger partial charge in [0.25, 0.3) is 5.69 Å². The smallest absolute Gasteiger partial charge is 0.271 e. The van der Waals surface area contributed by atoms with Crippen molar-refractivity contribution in [3.05, 3.63) is 94.5 Å². The quantitative estimate of drug-likeness (QED) is 0.372. The molecular formula is C19H14N2O3. The van der Waals surface area contributed by atoms with E-state index in [-0.39, 0.29) is 5.69 Å². The van der Waals surface area contributed by atoms with Gasteiger partial charge in [-0.2, -0.15) is 0 Å². The van der Waals surface area contributed by atoms with Gasteiger partial charge < -0.3 is 4.74 Å². The van der Waals surface area contributed by atoms with E-state index < -0.39 is 4.92 Å². The minimum Gasteiger partial charge on any atom is -0.457 e. The predicted octanol–water partition coefficient (Wildman–Crippen LogP) is 5.14. The summed E-state index contributed by atoms with van der Waals surface area (Å²) in [4.78, 5) is 14.6. The summed E-state index contributed by atoms with van der Waals surface area (Å²) >= 11 is 0. The van der Waals surface area contributed by atoms with Gasteiger partial charge in [-0.1, -0.05) is 24.3 Å². The number of rotatable bonds is 5. The third-order valence-corrected chi connectivity index (χ3v) is 3.26. The summed E-state index contributed by atoms with van der Waals surface area (Å²) < 4.78 is 5.72. The van der Waals surface area contributed by atoms with Crippen molar-refractivity contribution in [2.75, 3.05) is 0 Å². The summed E-state index contributed by atoms with van der Waals surface area (Å²) in [5.41, 5.74) is 1.44. The molecule has 0 amide bonds. The second-order valence-corrected chi connectivity index (χ2v) is 5.02. The average molecular weight is 318 g/mol. The zero-order valence-electron chi connectivity index (χ0n) is 12.7. The van der Waals surface area contributed by atoms with Crippen LogP contribution in [0.5, 0.6) is 11.5 Å². The fourth-order valence-corrected chi connectivity index (χ4v) is 2.08. The second-order valence-electron chi connectivity index (χ2n) is 5.02. The van der Waals surface area contributed by atoms with Crippen molar-refractivity contribution >= 4 is 17.6 Å². The summed E-state index contributed by atoms with van der Waals surface area (Å²) in [7, 11) is 0. The molecule has 0 N–H and O–H groups in total. The number of non-ortho nitro benzene ring substituents is 1. The van der Waals surface area contributed by atoms with Crippen LogP contribution in [0.1, 0.15) is 5.56 Å². The molecule has 0 fully saturated rings. The van der Waals surface area contributed by atoms with Gasteiger partial charge in [-0.05, 0) is 48.0 Å². The van der Waals surface area contributed by atoms with E-state index in [0.29, 0.717) is 5.69 Å². The molecule has 3 rings (SSSR count). The number of nitro benzene ring substituents is 1. The molecule has 0 aliphatic rings. The van der Waals surface area contributed by atoms with Crippen molar-refractivity contribution in [3.63, 3.8) is 0 Å². The van der Waals surface area contributed by atoms with Crippen LogP contribution < -0.4 is 4.74 Å². The molecule has 24 heavy (non-hydrogen) atoms. The summed E-state index contributed by atoms with van der Waals surface area (Å²) in [6.07, 6.45) is 1.66. The number of para-hydroxylation sites is 1. The van der Waals surface area contributed by atoms with E-state index >= 15 is 0 Å². The Bertz CT molecular complexity index is 859. The highest BCUT2D eigenvalue weighted by atomic mass is 16.6. The van der Waals surface area contributed by atoms with Crippen LogP contribution in [0.3, 0.4) is 0 Å². The minimum atomic E-state index is -0.436. The van der Waals surface area contributed by atoms with Gasteiger partial charge in [0, 0.05) is 18.3 Å². The number of nitrogens with zero attached hydrogens (tertiary/aromatic N) is 2. The Labute approximate surface area is 139 Å². The Hall–Kier alpha value is -3.47. The van der Waals surface area contributed by atoms with Crippen molar-refractivity contribution in [2.45, 2.75) is 0 Å². The lowest BCUT2D eigenvalue weighted by molar-refractivity contribution is -0.384. The van der Waals surface area contributed by atoms with Gasteiger partial charge >= 0.3 is 0 Å². The molecule has 5 nitrogen and oxygen atoms in total. The van der Waals surface area contributed by atoms with Crippen LogP contribution in [0.4, 0.5) is 11.4 Å². The van der Waals surface area contributed by atoms with Crippen molar-refractivity contribution in [1.29, 1.82) is 0 Å². The molecule has 3 aromatic rings. The van der Waals surface area contributed by atoms with Gasteiger partial charge in [-0.15, -0.1) is 0 Å². The molecule has 0 aromatic heterocycles. The monoisotopic (exact) mass is 318 g/mol. The first-order valence-corrected chi connectivity index (χ1v) is 7.32. The van der Waals surface area contributed by atoms with Gasteiger partial charge in [-0.3, -0.25) is 15.1 Å². The van der Waals surface area contributed by atoms with Crippen LogP contribution in [-0.4, -0.2) is 11.1 Å². The first kappa shape index (κ1) is 15.4. The maximum absolute atomic E-state index is 10.8. The molecule has 0 radical (unpaired) electrons. The summed E-state index contributed by atoms with van der Waals surface area (Å²) in [6, 6.07) is 23.2. The molecular weight excluding hydrogens is 304 g/mol. The van der Waals surface area contributed by atoms with Crippen LogP contribution in [0.2, 0.25) is 0 Å². The number of ether oxygens (including phenoxy) is 1. The van der Waals surface area contributed by atoms with Crippen molar-refractivity contribution in [3.8, 4) is 11.5 Å². The first-order chi connectivity index (χ1) is 11.7. The standard InChI is InChI=1S/C19H14N2O3/c22-21(23)17-6-4-5-16(13-17)20-14-15-9-11-19(12-10-15)24-18-7-2-1-3-8-18/h1-14H. The van der Waals surface area contributed by atoms with Crippen LogP contribution in [-0.2, 0) is 0 Å². The van der Waals surface area contributed by atoms with Crippen molar-refractivity contribution in [2.24, 2.45) is 4.99 Å². The normalized spacial score (nSPS) is 10.7. The lowest BCUT2D eigenvalue weighted by atomic mass is 10.2. The van der Waals surface area contributed by atoms with E-state index in [1.54, 1.807) is 18.3 Å². The van der Waals surface area contributed by atoms with E-state index in [1.807, 2.05) is 54.6 Å². The minimum absolute atomic E-state index is 0.0243. The van der Waals surface area contributed by atoms with Gasteiger partial charge in [0.2, 0.25) is 0 Å². The van der Waals surface area contributed by atoms with Crippen LogP contribution >= 0.6 is 0 Å². The molecule has 0 atom stereocenters. The molecule has 0 aliphatic carbocycles. The summed E-state index contributed by atoms with van der Waals surface area (Å²) in [6.45, 7) is 0. The van der Waals surface area contributed by atoms with Crippen LogP contribution in [0.15, 0.2) is 83.9 Å². The van der Waals surface area contributed by atoms with Crippen molar-refractivity contribution < 1.29 is 9.66 Å². The number of hydrogen-bond acceptors (Lipinski definition) is 4. The lowest BCUT2D eigenvalue weighted by Gasteiger charge is -2.05. The zero-order valence-corrected chi connectivity index (χ0v) is 12.7. The molecule has 3 aromatic carbocycles. The predicted molar refractivity (Wildman–Crippen MR) is 93.3 cm³/mol. The molecule has 0 saturated carbocycles. The number of hydrogen-bond donors (Lipinski definition) is 0. The van der Waals surface area contributed by atoms with Crippen LogP contribution in [0.25, 0.3) is 0 Å². The van der Waals surface area contributed by atoms with Gasteiger partial charge in [0.1, 0.15) is 11.5 Å². The fraction of sp³-hybridized carbons (Fsp3) is 0. The zero-order chi connectivity index (χ0) is 16.8. The number of benzene rings is 3. The molecule has 0 unspecified atom stereocenters. The van der Waals surface area contributed by atoms with E-state index in [0.717, 1.165) is 17.1 Å². The van der Waals surface area contributed by atoms with E-state index in [4.69, 9.17) is 4.74 Å². The molecule has 0 bridgehead atoms. The summed E-state index contributed by atoms with van der Waals surface area (Å²) in [5, 5.41) is 10.8. The van der Waals surface area contributed by atoms with E-state index in [9.17, 15) is 10.1 Å². The highest BCUT2D eigenvalue weighted by Gasteiger charge is 2.04. The third kappa shape index (κ3) is 4.04. The Morgan fingerprint density at radius 3 is 2.29 bits per heavy atom. The number of nitro groups is 1. The van der Waals surface area contributed by atoms with Crippen molar-refractivity contribution in [1.82, 2.24) is 0 Å². The SMILES string of the molecule is O=[N+]([O-])c1cccc(N=Cc2ccc(Oc3ccccc3)cc2)c1. The third-order valence-electron chi connectivity index (χ3n) is 3.26. The Morgan fingerprint density at radius 2 is 1.58 bits per heavy atom. The van der Waals surface area contributed by atoms with Gasteiger partial charge in [-0.25, -0.2) is 0 Å². The van der Waals surface area contributed by atoms with Crippen LogP contribution in [0, 0.1) is 10.1 Å². The Morgan fingerprint density at radius 1 is 0.875 bits per heavy atom. The molecule has 0 saturated heterocycles. The maximum atomic E-state index is 10.8. The first-order valence-electron chi connectivity index (χ1n) is 7.32. The molecule has 118 valence electrons. The molecule has 0 aliphatic heterocycles. The largest absolute Gasteiger partial charge is 0.457 e. The Balaban J connectivity index is 1.70. The molecule has 5 heteroatoms. The Kier molecular flexibility index (Phi) is 4.62. The van der Waals surface area contributed by atoms with E-state index in [1.165, 1.54) is 12.1 Å². The molecule has 0 heterocycles. The maximum Gasteiger partial charge on any atom is 0.271 e. The lowest BCUT2D eigenvalue weighted by Crippen LogP contribution is -1.87. The highest BCUT2D eigenvalue weighted by Crippen LogP contribution is 2.22.